The molecule has 2 aliphatic heterocycles. The molecular weight excluding hydrogens is 629 g/mol. The first kappa shape index (κ1) is 31.7. The highest BCUT2D eigenvalue weighted by atomic mass is 32.2. The van der Waals surface area contributed by atoms with Gasteiger partial charge < -0.3 is 14.8 Å². The fraction of sp³-hybridized carbons (Fsp3) is 0.357. The summed E-state index contributed by atoms with van der Waals surface area (Å²) in [5, 5.41) is 13.6. The second-order valence-electron chi connectivity index (χ2n) is 9.94. The van der Waals surface area contributed by atoms with Gasteiger partial charge in [0, 0.05) is 31.4 Å². The van der Waals surface area contributed by atoms with Crippen molar-refractivity contribution in [2.45, 2.75) is 29.3 Å². The molecule has 0 aliphatic carbocycles. The number of sulfone groups is 1. The van der Waals surface area contributed by atoms with E-state index >= 15 is 0 Å². The first-order valence-electron chi connectivity index (χ1n) is 13.5. The van der Waals surface area contributed by atoms with Gasteiger partial charge in [-0.3, -0.25) is 14.5 Å². The molecule has 0 saturated carbocycles. The van der Waals surface area contributed by atoms with Gasteiger partial charge in [0.2, 0.25) is 11.1 Å². The Bertz CT molecular complexity index is 1640. The quantitative estimate of drug-likeness (QED) is 0.130. The number of tetrazole rings is 1. The van der Waals surface area contributed by atoms with Crippen molar-refractivity contribution in [3.63, 3.8) is 0 Å². The number of aryl methyl sites for hydroxylation is 1. The number of benzene rings is 2. The van der Waals surface area contributed by atoms with Crippen molar-refractivity contribution < 1.29 is 32.3 Å². The van der Waals surface area contributed by atoms with E-state index in [0.717, 1.165) is 11.1 Å². The molecule has 2 amide bonds. The number of nitrogens with zero attached hydrogens (tertiary/aromatic N) is 5. The summed E-state index contributed by atoms with van der Waals surface area (Å²) >= 11 is 2.56. The summed E-state index contributed by atoms with van der Waals surface area (Å²) in [5.41, 5.74) is 0.242. The van der Waals surface area contributed by atoms with Gasteiger partial charge in [-0.05, 0) is 27.1 Å². The van der Waals surface area contributed by atoms with Crippen LogP contribution in [0, 0.1) is 0 Å². The summed E-state index contributed by atoms with van der Waals surface area (Å²) in [6, 6.07) is 18.5. The summed E-state index contributed by atoms with van der Waals surface area (Å²) in [6.07, 6.45) is -0.773. The molecule has 1 N–H and O–H groups in total. The third kappa shape index (κ3) is 6.24. The number of hydrogen-bond acceptors (Lipinski definition) is 12. The van der Waals surface area contributed by atoms with Crippen molar-refractivity contribution >= 4 is 51.1 Å². The second kappa shape index (κ2) is 13.1. The maximum absolute atomic E-state index is 14.1. The molecule has 2 atom stereocenters. The van der Waals surface area contributed by atoms with Crippen LogP contribution in [-0.2, 0) is 40.7 Å². The van der Waals surface area contributed by atoms with Crippen LogP contribution in [0.15, 0.2) is 77.1 Å². The highest BCUT2D eigenvalue weighted by Gasteiger charge is 2.67. The molecule has 0 spiro atoms. The average Bonchev–Trinajstić information content (AvgIpc) is 3.45. The number of aromatic nitrogens is 4. The highest BCUT2D eigenvalue weighted by molar-refractivity contribution is 8.01. The zero-order chi connectivity index (χ0) is 31.5. The number of ether oxygens (including phenoxy) is 2. The minimum absolute atomic E-state index is 0.0290. The molecule has 0 unspecified atom stereocenters. The summed E-state index contributed by atoms with van der Waals surface area (Å²) in [6.45, 7) is 1.43. The number of carbonyl (C=O) groups excluding carboxylic acids is 3. The van der Waals surface area contributed by atoms with Crippen LogP contribution in [0.25, 0.3) is 0 Å². The lowest BCUT2D eigenvalue weighted by Crippen LogP contribution is -2.81. The zero-order valence-electron chi connectivity index (χ0n) is 24.1. The van der Waals surface area contributed by atoms with Gasteiger partial charge in [-0.2, -0.15) is 0 Å². The number of fused-ring (bicyclic) bond motifs is 1. The smallest absolute Gasteiger partial charge is 0.356 e. The molecule has 44 heavy (non-hydrogen) atoms. The van der Waals surface area contributed by atoms with E-state index < -0.39 is 50.6 Å². The molecule has 232 valence electrons. The minimum Gasteiger partial charge on any atom is -0.448 e. The molecular formula is C28H30N6O7S3. The molecule has 1 aromatic heterocycles. The predicted octanol–water partition coefficient (Wildman–Crippen LogP) is 1.70. The predicted molar refractivity (Wildman–Crippen MR) is 163 cm³/mol. The number of β-lactam (4-membered cyclic amide) rings is 1. The number of thioether (sulfide) groups is 2. The van der Waals surface area contributed by atoms with Gasteiger partial charge in [0.1, 0.15) is 16.8 Å². The van der Waals surface area contributed by atoms with Gasteiger partial charge >= 0.3 is 5.97 Å². The van der Waals surface area contributed by atoms with Crippen LogP contribution in [0.3, 0.4) is 0 Å². The van der Waals surface area contributed by atoms with Crippen LogP contribution in [-0.4, -0.2) is 92.5 Å². The molecule has 0 radical (unpaired) electrons. The normalized spacial score (nSPS) is 19.9. The Hall–Kier alpha value is -3.73. The van der Waals surface area contributed by atoms with Gasteiger partial charge in [0.25, 0.3) is 11.6 Å². The van der Waals surface area contributed by atoms with Gasteiger partial charge in [0.05, 0.1) is 0 Å². The van der Waals surface area contributed by atoms with Crippen LogP contribution in [0.5, 0.6) is 0 Å². The number of amides is 2. The first-order chi connectivity index (χ1) is 21.1. The largest absolute Gasteiger partial charge is 0.448 e. The van der Waals surface area contributed by atoms with Crippen molar-refractivity contribution in [2.24, 2.45) is 7.05 Å². The number of rotatable bonds is 12. The van der Waals surface area contributed by atoms with E-state index in [1.165, 1.54) is 47.1 Å². The monoisotopic (exact) mass is 658 g/mol. The maximum Gasteiger partial charge on any atom is 0.356 e. The van der Waals surface area contributed by atoms with Crippen LogP contribution < -0.4 is 5.32 Å². The summed E-state index contributed by atoms with van der Waals surface area (Å²) in [4.78, 5) is 42.0. The van der Waals surface area contributed by atoms with Crippen molar-refractivity contribution in [3.05, 3.63) is 83.1 Å². The molecule has 0 bridgehead atoms. The Labute approximate surface area is 262 Å². The molecule has 3 heterocycles. The summed E-state index contributed by atoms with van der Waals surface area (Å²) < 4.78 is 37.4. The van der Waals surface area contributed by atoms with Crippen LogP contribution in [0.1, 0.15) is 24.2 Å². The molecule has 1 fully saturated rings. The second-order valence-corrected chi connectivity index (χ2v) is 14.3. The number of carbonyl (C=O) groups is 3. The van der Waals surface area contributed by atoms with Crippen molar-refractivity contribution in [3.8, 4) is 0 Å². The minimum atomic E-state index is -3.67. The van der Waals surface area contributed by atoms with E-state index in [2.05, 4.69) is 20.8 Å². The SMILES string of the molecule is CCS(=O)(=O)CC(=O)N[C@]1(OC)C(=O)N2C(C(=O)OC(c3ccccc3)c3ccccc3)=C(CSc3nnnn3C)CS[C@H]21. The van der Waals surface area contributed by atoms with Crippen LogP contribution in [0.2, 0.25) is 0 Å². The van der Waals surface area contributed by atoms with E-state index in [0.29, 0.717) is 10.7 Å². The molecule has 16 heteroatoms. The number of nitrogens with one attached hydrogen (secondary N) is 1. The molecule has 2 aromatic carbocycles. The standard InChI is InChI=1S/C28H30N6O7S3/c1-4-44(38,39)17-21(35)29-28(40-3)25(37)34-22(20(15-42-26(28)34)16-43-27-30-31-32-33(27)2)24(36)41-23(18-11-7-5-8-12-18)19-13-9-6-10-14-19/h5-14,23,26H,4,15-17H2,1-3H3,(H,29,35)/t26-,28-/m0/s1. The summed E-state index contributed by atoms with van der Waals surface area (Å²) in [5.74, 6) is -2.81. The Morgan fingerprint density at radius 2 is 1.77 bits per heavy atom. The van der Waals surface area contributed by atoms with Gasteiger partial charge in [-0.1, -0.05) is 79.3 Å². The average molecular weight is 659 g/mol. The number of hydrogen-bond donors (Lipinski definition) is 1. The van der Waals surface area contributed by atoms with Gasteiger partial charge in [0.15, 0.2) is 15.9 Å². The molecule has 1 saturated heterocycles. The first-order valence-corrected chi connectivity index (χ1v) is 17.4. The molecule has 13 nitrogen and oxygen atoms in total. The van der Waals surface area contributed by atoms with Crippen LogP contribution in [0.4, 0.5) is 0 Å². The molecule has 3 aromatic rings. The Morgan fingerprint density at radius 3 is 2.32 bits per heavy atom. The third-order valence-electron chi connectivity index (χ3n) is 7.13. The summed E-state index contributed by atoms with van der Waals surface area (Å²) in [7, 11) is -0.726. The van der Waals surface area contributed by atoms with Gasteiger partial charge in [-0.15, -0.1) is 16.9 Å². The van der Waals surface area contributed by atoms with Crippen LogP contribution >= 0.6 is 23.5 Å². The van der Waals surface area contributed by atoms with E-state index in [1.54, 1.807) is 7.05 Å². The van der Waals surface area contributed by atoms with E-state index in [9.17, 15) is 22.8 Å². The van der Waals surface area contributed by atoms with E-state index in [4.69, 9.17) is 9.47 Å². The van der Waals surface area contributed by atoms with Crippen molar-refractivity contribution in [1.29, 1.82) is 0 Å². The Balaban J connectivity index is 1.49. The van der Waals surface area contributed by atoms with Crippen molar-refractivity contribution in [1.82, 2.24) is 30.4 Å². The number of methoxy groups -OCH3 is 1. The van der Waals surface area contributed by atoms with E-state index in [1.807, 2.05) is 60.7 Å². The fourth-order valence-electron chi connectivity index (χ4n) is 4.83. The lowest BCUT2D eigenvalue weighted by Gasteiger charge is -2.56. The Morgan fingerprint density at radius 1 is 1.14 bits per heavy atom. The highest BCUT2D eigenvalue weighted by Crippen LogP contribution is 2.48. The molecule has 5 rings (SSSR count). The number of esters is 1. The van der Waals surface area contributed by atoms with E-state index in [-0.39, 0.29) is 23.0 Å². The maximum atomic E-state index is 14.1. The zero-order valence-corrected chi connectivity index (χ0v) is 26.5. The fourth-order valence-corrected chi connectivity index (χ4v) is 7.93. The van der Waals surface area contributed by atoms with Crippen molar-refractivity contribution in [2.75, 3.05) is 30.1 Å². The Kier molecular flexibility index (Phi) is 9.43. The molecule has 2 aliphatic rings. The lowest BCUT2D eigenvalue weighted by atomic mass is 9.98. The third-order valence-corrected chi connectivity index (χ3v) is 11.2. The topological polar surface area (TPSA) is 163 Å². The van der Waals surface area contributed by atoms with Gasteiger partial charge in [-0.25, -0.2) is 17.9 Å². The lowest BCUT2D eigenvalue weighted by molar-refractivity contribution is -0.192.